The number of amides is 1. The zero-order chi connectivity index (χ0) is 12.3. The van der Waals surface area contributed by atoms with E-state index < -0.39 is 0 Å². The van der Waals surface area contributed by atoms with Gasteiger partial charge >= 0.3 is 0 Å². The molecule has 0 bridgehead atoms. The van der Waals surface area contributed by atoms with Crippen molar-refractivity contribution in [3.63, 3.8) is 0 Å². The number of Topliss-reactive ketones (excluding diaryl/α,β-unsaturated/α-hetero) is 1. The third-order valence-electron chi connectivity index (χ3n) is 2.94. The van der Waals surface area contributed by atoms with E-state index >= 15 is 0 Å². The number of carbonyl (C=O) groups is 2. The van der Waals surface area contributed by atoms with Gasteiger partial charge in [0.15, 0.2) is 5.78 Å². The second kappa shape index (κ2) is 5.10. The van der Waals surface area contributed by atoms with Crippen LogP contribution < -0.4 is 5.32 Å². The van der Waals surface area contributed by atoms with E-state index in [0.717, 1.165) is 13.1 Å². The molecule has 1 aliphatic rings. The van der Waals surface area contributed by atoms with Gasteiger partial charge in [-0.05, 0) is 13.0 Å². The van der Waals surface area contributed by atoms with Gasteiger partial charge < -0.3 is 10.2 Å². The van der Waals surface area contributed by atoms with Crippen LogP contribution in [0.15, 0.2) is 24.3 Å². The van der Waals surface area contributed by atoms with Crippen LogP contribution in [0.25, 0.3) is 0 Å². The molecule has 0 aromatic heterocycles. The van der Waals surface area contributed by atoms with Crippen molar-refractivity contribution >= 4 is 11.7 Å². The lowest BCUT2D eigenvalue weighted by molar-refractivity contribution is 0.0731. The summed E-state index contributed by atoms with van der Waals surface area (Å²) >= 11 is 0. The van der Waals surface area contributed by atoms with E-state index in [2.05, 4.69) is 5.32 Å². The van der Waals surface area contributed by atoms with Gasteiger partial charge in [-0.3, -0.25) is 9.59 Å². The number of carbonyl (C=O) groups excluding carboxylic acids is 2. The highest BCUT2D eigenvalue weighted by Gasteiger charge is 2.21. The van der Waals surface area contributed by atoms with E-state index in [0.29, 0.717) is 24.2 Å². The van der Waals surface area contributed by atoms with E-state index in [9.17, 15) is 9.59 Å². The molecule has 1 N–H and O–H groups in total. The average Bonchev–Trinajstić information content (AvgIpc) is 2.39. The second-order valence-corrected chi connectivity index (χ2v) is 4.14. The Kier molecular flexibility index (Phi) is 3.54. The molecular formula is C13H16N2O2. The highest BCUT2D eigenvalue weighted by Crippen LogP contribution is 2.13. The van der Waals surface area contributed by atoms with Gasteiger partial charge in [0.1, 0.15) is 0 Å². The lowest BCUT2D eigenvalue weighted by atomic mass is 10.0. The summed E-state index contributed by atoms with van der Waals surface area (Å²) in [5, 5.41) is 3.20. The summed E-state index contributed by atoms with van der Waals surface area (Å²) in [5.74, 6) is -0.110. The number of piperazine rings is 1. The summed E-state index contributed by atoms with van der Waals surface area (Å²) in [7, 11) is 0. The Morgan fingerprint density at radius 2 is 1.71 bits per heavy atom. The fraction of sp³-hybridized carbons (Fsp3) is 0.385. The van der Waals surface area contributed by atoms with Crippen LogP contribution in [0.2, 0.25) is 0 Å². The molecule has 1 saturated heterocycles. The maximum absolute atomic E-state index is 12.3. The molecular weight excluding hydrogens is 216 g/mol. The van der Waals surface area contributed by atoms with Crippen molar-refractivity contribution in [1.29, 1.82) is 0 Å². The molecule has 1 aromatic carbocycles. The first-order valence-corrected chi connectivity index (χ1v) is 5.80. The van der Waals surface area contributed by atoms with Crippen LogP contribution >= 0.6 is 0 Å². The predicted molar refractivity (Wildman–Crippen MR) is 65.2 cm³/mol. The zero-order valence-electron chi connectivity index (χ0n) is 9.90. The number of benzene rings is 1. The predicted octanol–water partition coefficient (Wildman–Crippen LogP) is 0.935. The molecule has 2 rings (SSSR count). The fourth-order valence-corrected chi connectivity index (χ4v) is 2.01. The molecule has 0 radical (unpaired) electrons. The molecule has 1 fully saturated rings. The van der Waals surface area contributed by atoms with E-state index in [1.54, 1.807) is 29.2 Å². The van der Waals surface area contributed by atoms with Gasteiger partial charge in [0.25, 0.3) is 5.91 Å². The standard InChI is InChI=1S/C13H16N2O2/c1-10(16)11-4-2-3-5-12(11)13(17)15-8-6-14-7-9-15/h2-5,14H,6-9H2,1H3. The molecule has 0 unspecified atom stereocenters. The van der Waals surface area contributed by atoms with Crippen LogP contribution in [0.5, 0.6) is 0 Å². The van der Waals surface area contributed by atoms with Gasteiger partial charge in [0.05, 0.1) is 5.56 Å². The van der Waals surface area contributed by atoms with E-state index in [1.165, 1.54) is 6.92 Å². The van der Waals surface area contributed by atoms with Crippen LogP contribution in [-0.4, -0.2) is 42.8 Å². The van der Waals surface area contributed by atoms with Gasteiger partial charge in [0, 0.05) is 31.7 Å². The summed E-state index contributed by atoms with van der Waals surface area (Å²) in [6.45, 7) is 4.52. The first-order valence-electron chi connectivity index (χ1n) is 5.80. The van der Waals surface area contributed by atoms with Gasteiger partial charge in [-0.15, -0.1) is 0 Å². The summed E-state index contributed by atoms with van der Waals surface area (Å²) in [6, 6.07) is 7.01. The van der Waals surface area contributed by atoms with Crippen molar-refractivity contribution in [1.82, 2.24) is 10.2 Å². The maximum atomic E-state index is 12.3. The normalized spacial score (nSPS) is 15.7. The molecule has 1 aliphatic heterocycles. The minimum absolute atomic E-state index is 0.0442. The molecule has 0 saturated carbocycles. The topological polar surface area (TPSA) is 49.4 Å². The minimum atomic E-state index is -0.0657. The number of hydrogen-bond donors (Lipinski definition) is 1. The van der Waals surface area contributed by atoms with Crippen LogP contribution in [0.3, 0.4) is 0 Å². The molecule has 0 spiro atoms. The molecule has 17 heavy (non-hydrogen) atoms. The minimum Gasteiger partial charge on any atom is -0.336 e. The van der Waals surface area contributed by atoms with Gasteiger partial charge in [-0.25, -0.2) is 0 Å². The highest BCUT2D eigenvalue weighted by atomic mass is 16.2. The Morgan fingerprint density at radius 3 is 2.29 bits per heavy atom. The zero-order valence-corrected chi connectivity index (χ0v) is 9.90. The number of hydrogen-bond acceptors (Lipinski definition) is 3. The van der Waals surface area contributed by atoms with Crippen molar-refractivity contribution in [2.75, 3.05) is 26.2 Å². The molecule has 4 heteroatoms. The van der Waals surface area contributed by atoms with E-state index in [-0.39, 0.29) is 11.7 Å². The van der Waals surface area contributed by atoms with Crippen molar-refractivity contribution in [3.05, 3.63) is 35.4 Å². The number of nitrogens with zero attached hydrogens (tertiary/aromatic N) is 1. The van der Waals surface area contributed by atoms with E-state index in [4.69, 9.17) is 0 Å². The van der Waals surface area contributed by atoms with Crippen LogP contribution in [0, 0.1) is 0 Å². The molecule has 0 aliphatic carbocycles. The Morgan fingerprint density at radius 1 is 1.12 bits per heavy atom. The largest absolute Gasteiger partial charge is 0.336 e. The Balaban J connectivity index is 2.26. The smallest absolute Gasteiger partial charge is 0.254 e. The van der Waals surface area contributed by atoms with E-state index in [1.807, 2.05) is 0 Å². The quantitative estimate of drug-likeness (QED) is 0.772. The SMILES string of the molecule is CC(=O)c1ccccc1C(=O)N1CCNCC1. The Bertz CT molecular complexity index is 437. The molecule has 90 valence electrons. The van der Waals surface area contributed by atoms with Crippen LogP contribution in [0.1, 0.15) is 27.6 Å². The molecule has 1 aromatic rings. The van der Waals surface area contributed by atoms with Gasteiger partial charge in [-0.2, -0.15) is 0 Å². The third-order valence-corrected chi connectivity index (χ3v) is 2.94. The average molecular weight is 232 g/mol. The van der Waals surface area contributed by atoms with Crippen molar-refractivity contribution in [2.24, 2.45) is 0 Å². The number of rotatable bonds is 2. The summed E-state index contributed by atoms with van der Waals surface area (Å²) in [5.41, 5.74) is 1.03. The maximum Gasteiger partial charge on any atom is 0.254 e. The molecule has 1 amide bonds. The highest BCUT2D eigenvalue weighted by molar-refractivity contribution is 6.07. The van der Waals surface area contributed by atoms with Gasteiger partial charge in [0.2, 0.25) is 0 Å². The van der Waals surface area contributed by atoms with Crippen LogP contribution in [-0.2, 0) is 0 Å². The number of nitrogens with one attached hydrogen (secondary N) is 1. The summed E-state index contributed by atoms with van der Waals surface area (Å²) in [4.78, 5) is 25.5. The number of ketones is 1. The first kappa shape index (κ1) is 11.8. The van der Waals surface area contributed by atoms with Crippen molar-refractivity contribution in [2.45, 2.75) is 6.92 Å². The fourth-order valence-electron chi connectivity index (χ4n) is 2.01. The third kappa shape index (κ3) is 2.53. The Labute approximate surface area is 101 Å². The monoisotopic (exact) mass is 232 g/mol. The lowest BCUT2D eigenvalue weighted by Crippen LogP contribution is -2.46. The van der Waals surface area contributed by atoms with Crippen LogP contribution in [0.4, 0.5) is 0 Å². The molecule has 1 heterocycles. The summed E-state index contributed by atoms with van der Waals surface area (Å²) < 4.78 is 0. The lowest BCUT2D eigenvalue weighted by Gasteiger charge is -2.28. The van der Waals surface area contributed by atoms with Gasteiger partial charge in [-0.1, -0.05) is 18.2 Å². The van der Waals surface area contributed by atoms with Crippen molar-refractivity contribution in [3.8, 4) is 0 Å². The van der Waals surface area contributed by atoms with Crippen molar-refractivity contribution < 1.29 is 9.59 Å². The molecule has 0 atom stereocenters. The second-order valence-electron chi connectivity index (χ2n) is 4.14. The summed E-state index contributed by atoms with van der Waals surface area (Å²) in [6.07, 6.45) is 0. The molecule has 4 nitrogen and oxygen atoms in total. The Hall–Kier alpha value is -1.68. The first-order chi connectivity index (χ1) is 8.20.